The highest BCUT2D eigenvalue weighted by Crippen LogP contribution is 2.23. The van der Waals surface area contributed by atoms with Gasteiger partial charge in [0.2, 0.25) is 0 Å². The largest absolute Gasteiger partial charge is 0.491 e. The summed E-state index contributed by atoms with van der Waals surface area (Å²) in [7, 11) is 1.52. The van der Waals surface area contributed by atoms with Crippen LogP contribution in [0, 0.1) is 0 Å². The molecule has 0 aliphatic carbocycles. The first-order chi connectivity index (χ1) is 8.04. The number of benzene rings is 1. The van der Waals surface area contributed by atoms with Gasteiger partial charge in [-0.05, 0) is 30.2 Å². The van der Waals surface area contributed by atoms with Crippen molar-refractivity contribution in [1.29, 1.82) is 0 Å². The summed E-state index contributed by atoms with van der Waals surface area (Å²) in [5.74, 6) is 0.814. The summed E-state index contributed by atoms with van der Waals surface area (Å²) >= 11 is 3.41. The fourth-order valence-corrected chi connectivity index (χ4v) is 1.76. The van der Waals surface area contributed by atoms with Crippen LogP contribution in [-0.4, -0.2) is 36.3 Å². The second-order valence-electron chi connectivity index (χ2n) is 3.66. The van der Waals surface area contributed by atoms with Crippen LogP contribution in [0.1, 0.15) is 12.5 Å². The Labute approximate surface area is 109 Å². The lowest BCUT2D eigenvalue weighted by Crippen LogP contribution is -2.29. The number of rotatable bonds is 5. The fraction of sp³-hybridized carbons (Fsp3) is 0.417. The molecule has 0 radical (unpaired) electrons. The van der Waals surface area contributed by atoms with Gasteiger partial charge in [-0.1, -0.05) is 22.9 Å². The fourth-order valence-electron chi connectivity index (χ4n) is 1.35. The number of halogens is 1. The van der Waals surface area contributed by atoms with Crippen LogP contribution in [-0.2, 0) is 6.42 Å². The van der Waals surface area contributed by atoms with Crippen molar-refractivity contribution >= 4 is 22.0 Å². The van der Waals surface area contributed by atoms with E-state index in [2.05, 4.69) is 22.9 Å². The predicted octanol–water partition coefficient (Wildman–Crippen LogP) is 3.00. The number of hydrogen-bond acceptors (Lipinski definition) is 2. The summed E-state index contributed by atoms with van der Waals surface area (Å²) in [6, 6.07) is 5.81. The van der Waals surface area contributed by atoms with Gasteiger partial charge in [0.05, 0.1) is 6.54 Å². The number of carboxylic acid groups (broad SMARTS) is 1. The van der Waals surface area contributed by atoms with Gasteiger partial charge in [0, 0.05) is 11.5 Å². The standard InChI is InChI=1S/C12H16BrNO3/c1-3-9-8-10(13)4-5-11(9)17-7-6-14(2)12(15)16/h4-5,8H,3,6-7H2,1-2H3,(H,15,16). The third-order valence-corrected chi connectivity index (χ3v) is 2.91. The molecule has 0 atom stereocenters. The Bertz CT molecular complexity index is 395. The van der Waals surface area contributed by atoms with Crippen molar-refractivity contribution in [3.8, 4) is 5.75 Å². The smallest absolute Gasteiger partial charge is 0.407 e. The van der Waals surface area contributed by atoms with Gasteiger partial charge in [0.1, 0.15) is 12.4 Å². The summed E-state index contributed by atoms with van der Waals surface area (Å²) in [6.45, 7) is 2.77. The van der Waals surface area contributed by atoms with E-state index in [1.54, 1.807) is 0 Å². The molecule has 0 saturated carbocycles. The van der Waals surface area contributed by atoms with Crippen molar-refractivity contribution in [1.82, 2.24) is 4.90 Å². The third-order valence-electron chi connectivity index (χ3n) is 2.41. The molecule has 94 valence electrons. The third kappa shape index (κ3) is 4.26. The minimum atomic E-state index is -0.944. The van der Waals surface area contributed by atoms with Crippen molar-refractivity contribution in [3.63, 3.8) is 0 Å². The summed E-state index contributed by atoms with van der Waals surface area (Å²) in [5.41, 5.74) is 1.11. The molecule has 0 heterocycles. The van der Waals surface area contributed by atoms with Crippen LogP contribution in [0.25, 0.3) is 0 Å². The highest BCUT2D eigenvalue weighted by molar-refractivity contribution is 9.10. The molecule has 1 rings (SSSR count). The van der Waals surface area contributed by atoms with Crippen molar-refractivity contribution < 1.29 is 14.6 Å². The van der Waals surface area contributed by atoms with Crippen LogP contribution in [0.3, 0.4) is 0 Å². The van der Waals surface area contributed by atoms with Gasteiger partial charge in [-0.15, -0.1) is 0 Å². The zero-order chi connectivity index (χ0) is 12.8. The number of nitrogens with zero attached hydrogens (tertiary/aromatic N) is 1. The molecular weight excluding hydrogens is 286 g/mol. The number of ether oxygens (including phenoxy) is 1. The average Bonchev–Trinajstić information content (AvgIpc) is 2.30. The molecule has 0 spiro atoms. The van der Waals surface area contributed by atoms with Crippen LogP contribution in [0.4, 0.5) is 4.79 Å². The second kappa shape index (κ2) is 6.49. The van der Waals surface area contributed by atoms with Crippen LogP contribution in [0.5, 0.6) is 5.75 Å². The maximum atomic E-state index is 10.6. The topological polar surface area (TPSA) is 49.8 Å². The van der Waals surface area contributed by atoms with E-state index in [9.17, 15) is 4.79 Å². The van der Waals surface area contributed by atoms with E-state index in [4.69, 9.17) is 9.84 Å². The first kappa shape index (κ1) is 13.8. The molecule has 1 amide bonds. The van der Waals surface area contributed by atoms with Crippen LogP contribution < -0.4 is 4.74 Å². The van der Waals surface area contributed by atoms with E-state index < -0.39 is 6.09 Å². The molecule has 0 unspecified atom stereocenters. The van der Waals surface area contributed by atoms with Gasteiger partial charge in [-0.25, -0.2) is 4.79 Å². The maximum Gasteiger partial charge on any atom is 0.407 e. The minimum Gasteiger partial charge on any atom is -0.491 e. The van der Waals surface area contributed by atoms with E-state index in [1.165, 1.54) is 11.9 Å². The first-order valence-electron chi connectivity index (χ1n) is 5.40. The Balaban J connectivity index is 2.54. The lowest BCUT2D eigenvalue weighted by molar-refractivity contribution is 0.147. The van der Waals surface area contributed by atoms with E-state index >= 15 is 0 Å². The highest BCUT2D eigenvalue weighted by Gasteiger charge is 2.06. The Morgan fingerprint density at radius 2 is 2.24 bits per heavy atom. The van der Waals surface area contributed by atoms with E-state index in [-0.39, 0.29) is 0 Å². The molecule has 0 saturated heterocycles. The second-order valence-corrected chi connectivity index (χ2v) is 4.57. The molecule has 5 heteroatoms. The molecule has 1 N–H and O–H groups in total. The molecular formula is C12H16BrNO3. The summed E-state index contributed by atoms with van der Waals surface area (Å²) in [6.07, 6.45) is -0.0658. The van der Waals surface area contributed by atoms with E-state index in [0.29, 0.717) is 13.2 Å². The minimum absolute atomic E-state index is 0.356. The number of likely N-dealkylation sites (N-methyl/N-ethyl adjacent to an activating group) is 1. The molecule has 17 heavy (non-hydrogen) atoms. The lowest BCUT2D eigenvalue weighted by Gasteiger charge is -2.15. The molecule has 0 fully saturated rings. The number of carbonyl (C=O) groups is 1. The van der Waals surface area contributed by atoms with Crippen molar-refractivity contribution in [2.24, 2.45) is 0 Å². The van der Waals surface area contributed by atoms with Crippen molar-refractivity contribution in [2.45, 2.75) is 13.3 Å². The molecule has 0 aliphatic rings. The van der Waals surface area contributed by atoms with Crippen LogP contribution in [0.2, 0.25) is 0 Å². The Morgan fingerprint density at radius 3 is 2.82 bits per heavy atom. The highest BCUT2D eigenvalue weighted by atomic mass is 79.9. The number of aryl methyl sites for hydroxylation is 1. The van der Waals surface area contributed by atoms with E-state index in [0.717, 1.165) is 22.2 Å². The monoisotopic (exact) mass is 301 g/mol. The molecule has 0 aromatic heterocycles. The summed E-state index contributed by atoms with van der Waals surface area (Å²) in [4.78, 5) is 11.8. The number of hydrogen-bond donors (Lipinski definition) is 1. The Morgan fingerprint density at radius 1 is 1.53 bits per heavy atom. The lowest BCUT2D eigenvalue weighted by atomic mass is 10.1. The van der Waals surface area contributed by atoms with Gasteiger partial charge < -0.3 is 14.7 Å². The average molecular weight is 302 g/mol. The first-order valence-corrected chi connectivity index (χ1v) is 6.19. The van der Waals surface area contributed by atoms with Crippen molar-refractivity contribution in [3.05, 3.63) is 28.2 Å². The molecule has 1 aromatic carbocycles. The van der Waals surface area contributed by atoms with Crippen molar-refractivity contribution in [2.75, 3.05) is 20.2 Å². The normalized spacial score (nSPS) is 10.1. The van der Waals surface area contributed by atoms with Gasteiger partial charge in [-0.3, -0.25) is 0 Å². The molecule has 0 aliphatic heterocycles. The molecule has 1 aromatic rings. The summed E-state index contributed by atoms with van der Waals surface area (Å²) in [5, 5.41) is 8.68. The van der Waals surface area contributed by atoms with Gasteiger partial charge in [0.25, 0.3) is 0 Å². The Hall–Kier alpha value is -1.23. The SMILES string of the molecule is CCc1cc(Br)ccc1OCCN(C)C(=O)O. The maximum absolute atomic E-state index is 10.6. The zero-order valence-corrected chi connectivity index (χ0v) is 11.5. The molecule has 4 nitrogen and oxygen atoms in total. The van der Waals surface area contributed by atoms with Crippen LogP contribution in [0.15, 0.2) is 22.7 Å². The van der Waals surface area contributed by atoms with Gasteiger partial charge >= 0.3 is 6.09 Å². The van der Waals surface area contributed by atoms with Gasteiger partial charge in [-0.2, -0.15) is 0 Å². The predicted molar refractivity (Wildman–Crippen MR) is 69.7 cm³/mol. The summed E-state index contributed by atoms with van der Waals surface area (Å²) < 4.78 is 6.60. The van der Waals surface area contributed by atoms with Crippen LogP contribution >= 0.6 is 15.9 Å². The Kier molecular flexibility index (Phi) is 5.28. The zero-order valence-electron chi connectivity index (χ0n) is 9.94. The van der Waals surface area contributed by atoms with E-state index in [1.807, 2.05) is 18.2 Å². The quantitative estimate of drug-likeness (QED) is 0.909. The number of amides is 1. The molecule has 0 bridgehead atoms. The van der Waals surface area contributed by atoms with Gasteiger partial charge in [0.15, 0.2) is 0 Å².